The molecule has 0 aliphatic rings. The Hall–Kier alpha value is -2.54. The summed E-state index contributed by atoms with van der Waals surface area (Å²) >= 11 is 0. The number of ether oxygens (including phenoxy) is 1. The van der Waals surface area contributed by atoms with Crippen LogP contribution in [-0.4, -0.2) is 4.92 Å². The molecule has 2 N–H and O–H groups in total. The maximum absolute atomic E-state index is 13.6. The minimum atomic E-state index is -1.16. The van der Waals surface area contributed by atoms with Gasteiger partial charge in [0.05, 0.1) is 11.0 Å². The summed E-state index contributed by atoms with van der Waals surface area (Å²) in [5, 5.41) is 10.5. The molecule has 20 heavy (non-hydrogen) atoms. The van der Waals surface area contributed by atoms with Crippen molar-refractivity contribution in [1.82, 2.24) is 0 Å². The van der Waals surface area contributed by atoms with Gasteiger partial charge in [0.15, 0.2) is 11.6 Å². The number of nitro groups is 1. The number of nitrogens with zero attached hydrogens (tertiary/aromatic N) is 1. The van der Waals surface area contributed by atoms with Crippen LogP contribution in [-0.2, 0) is 6.54 Å². The van der Waals surface area contributed by atoms with E-state index in [1.54, 1.807) is 24.3 Å². The van der Waals surface area contributed by atoms with Crippen molar-refractivity contribution in [3.05, 3.63) is 63.7 Å². The molecule has 7 heteroatoms. The van der Waals surface area contributed by atoms with Crippen LogP contribution < -0.4 is 10.5 Å². The Kier molecular flexibility index (Phi) is 3.90. The van der Waals surface area contributed by atoms with Crippen LogP contribution in [0.15, 0.2) is 36.4 Å². The summed E-state index contributed by atoms with van der Waals surface area (Å²) in [6, 6.07) is 7.56. The smallest absolute Gasteiger partial charge is 0.307 e. The highest BCUT2D eigenvalue weighted by atomic mass is 19.1. The molecule has 2 rings (SSSR count). The second-order valence-electron chi connectivity index (χ2n) is 3.94. The minimum Gasteiger partial charge on any atom is -0.454 e. The number of nitro benzene ring substituents is 1. The average Bonchev–Trinajstić information content (AvgIpc) is 2.43. The molecule has 0 heterocycles. The lowest BCUT2D eigenvalue weighted by molar-refractivity contribution is -0.387. The third-order valence-corrected chi connectivity index (χ3v) is 2.58. The predicted molar refractivity (Wildman–Crippen MR) is 67.4 cm³/mol. The Morgan fingerprint density at radius 1 is 1.15 bits per heavy atom. The summed E-state index contributed by atoms with van der Waals surface area (Å²) in [4.78, 5) is 9.46. The first kappa shape index (κ1) is 13.9. The topological polar surface area (TPSA) is 78.4 Å². The Balaban J connectivity index is 2.29. The SMILES string of the molecule is NCc1ccc(Oc2cc(F)c([N+](=O)[O-])cc2F)cc1. The molecule has 0 aromatic heterocycles. The van der Waals surface area contributed by atoms with Gasteiger partial charge in [-0.3, -0.25) is 10.1 Å². The first-order chi connectivity index (χ1) is 9.51. The van der Waals surface area contributed by atoms with Gasteiger partial charge in [-0.05, 0) is 17.7 Å². The van der Waals surface area contributed by atoms with Crippen LogP contribution in [0.5, 0.6) is 11.5 Å². The lowest BCUT2D eigenvalue weighted by Gasteiger charge is -2.07. The van der Waals surface area contributed by atoms with Gasteiger partial charge in [-0.25, -0.2) is 4.39 Å². The van der Waals surface area contributed by atoms with Crippen molar-refractivity contribution in [3.63, 3.8) is 0 Å². The highest BCUT2D eigenvalue weighted by Crippen LogP contribution is 2.30. The van der Waals surface area contributed by atoms with E-state index in [1.807, 2.05) is 0 Å². The number of hydrogen-bond acceptors (Lipinski definition) is 4. The lowest BCUT2D eigenvalue weighted by Crippen LogP contribution is -1.97. The van der Waals surface area contributed by atoms with Crippen molar-refractivity contribution in [2.75, 3.05) is 0 Å². The van der Waals surface area contributed by atoms with Crippen molar-refractivity contribution >= 4 is 5.69 Å². The fourth-order valence-electron chi connectivity index (χ4n) is 1.56. The number of nitrogens with two attached hydrogens (primary N) is 1. The van der Waals surface area contributed by atoms with Crippen LogP contribution >= 0.6 is 0 Å². The zero-order valence-corrected chi connectivity index (χ0v) is 10.2. The van der Waals surface area contributed by atoms with Gasteiger partial charge >= 0.3 is 5.69 Å². The Bertz CT molecular complexity index is 645. The molecule has 0 radical (unpaired) electrons. The quantitative estimate of drug-likeness (QED) is 0.689. The molecule has 0 saturated heterocycles. The van der Waals surface area contributed by atoms with Gasteiger partial charge in [0.1, 0.15) is 5.75 Å². The van der Waals surface area contributed by atoms with Gasteiger partial charge in [0.25, 0.3) is 0 Å². The highest BCUT2D eigenvalue weighted by molar-refractivity contribution is 5.41. The average molecular weight is 280 g/mol. The zero-order valence-electron chi connectivity index (χ0n) is 10.2. The molecule has 0 aliphatic carbocycles. The normalized spacial score (nSPS) is 10.3. The van der Waals surface area contributed by atoms with Crippen molar-refractivity contribution in [1.29, 1.82) is 0 Å². The molecule has 0 spiro atoms. The van der Waals surface area contributed by atoms with Crippen molar-refractivity contribution in [3.8, 4) is 11.5 Å². The van der Waals surface area contributed by atoms with Gasteiger partial charge in [0.2, 0.25) is 5.82 Å². The molecule has 0 saturated carbocycles. The standard InChI is InChI=1S/C13H10F2N2O3/c14-10-6-13(11(15)5-12(10)17(18)19)20-9-3-1-8(7-16)2-4-9/h1-6H,7,16H2. The maximum atomic E-state index is 13.6. The van der Waals surface area contributed by atoms with Gasteiger partial charge in [-0.1, -0.05) is 12.1 Å². The third kappa shape index (κ3) is 2.89. The van der Waals surface area contributed by atoms with E-state index in [1.165, 1.54) is 0 Å². The highest BCUT2D eigenvalue weighted by Gasteiger charge is 2.19. The van der Waals surface area contributed by atoms with Crippen LogP contribution in [0.3, 0.4) is 0 Å². The van der Waals surface area contributed by atoms with Gasteiger partial charge in [0, 0.05) is 12.6 Å². The minimum absolute atomic E-state index is 0.273. The first-order valence-electron chi connectivity index (χ1n) is 5.61. The first-order valence-corrected chi connectivity index (χ1v) is 5.61. The summed E-state index contributed by atoms with van der Waals surface area (Å²) in [7, 11) is 0. The summed E-state index contributed by atoms with van der Waals surface area (Å²) < 4.78 is 32.1. The molecular weight excluding hydrogens is 270 g/mol. The van der Waals surface area contributed by atoms with E-state index in [0.29, 0.717) is 18.7 Å². The second kappa shape index (κ2) is 5.62. The molecule has 0 amide bonds. The van der Waals surface area contributed by atoms with Gasteiger partial charge < -0.3 is 10.5 Å². The fraction of sp³-hybridized carbons (Fsp3) is 0.0769. The predicted octanol–water partition coefficient (Wildman–Crippen LogP) is 3.12. The Morgan fingerprint density at radius 2 is 1.80 bits per heavy atom. The van der Waals surface area contributed by atoms with Crippen molar-refractivity contribution < 1.29 is 18.4 Å². The Labute approximate surface area is 112 Å². The number of rotatable bonds is 4. The van der Waals surface area contributed by atoms with Gasteiger partial charge in [-0.15, -0.1) is 0 Å². The van der Waals surface area contributed by atoms with E-state index in [0.717, 1.165) is 5.56 Å². The van der Waals surface area contributed by atoms with Gasteiger partial charge in [-0.2, -0.15) is 4.39 Å². The molecular formula is C13H10F2N2O3. The molecule has 2 aromatic rings. The third-order valence-electron chi connectivity index (χ3n) is 2.58. The number of hydrogen-bond donors (Lipinski definition) is 1. The van der Waals surface area contributed by atoms with E-state index in [4.69, 9.17) is 10.5 Å². The summed E-state index contributed by atoms with van der Waals surface area (Å²) in [6.45, 7) is 0.348. The van der Waals surface area contributed by atoms with E-state index in [-0.39, 0.29) is 5.75 Å². The second-order valence-corrected chi connectivity index (χ2v) is 3.94. The maximum Gasteiger partial charge on any atom is 0.307 e. The monoisotopic (exact) mass is 280 g/mol. The van der Waals surface area contributed by atoms with E-state index in [2.05, 4.69) is 0 Å². The number of benzene rings is 2. The van der Waals surface area contributed by atoms with Crippen molar-refractivity contribution in [2.24, 2.45) is 5.73 Å². The van der Waals surface area contributed by atoms with Crippen LogP contribution in [0.4, 0.5) is 14.5 Å². The molecule has 104 valence electrons. The molecule has 2 aromatic carbocycles. The van der Waals surface area contributed by atoms with E-state index >= 15 is 0 Å². The fourth-order valence-corrected chi connectivity index (χ4v) is 1.56. The molecule has 0 bridgehead atoms. The zero-order chi connectivity index (χ0) is 14.7. The summed E-state index contributed by atoms with van der Waals surface area (Å²) in [5.41, 5.74) is 5.34. The van der Waals surface area contributed by atoms with Crippen LogP contribution in [0.25, 0.3) is 0 Å². The Morgan fingerprint density at radius 3 is 2.35 bits per heavy atom. The molecule has 0 unspecified atom stereocenters. The van der Waals surface area contributed by atoms with Crippen molar-refractivity contribution in [2.45, 2.75) is 6.54 Å². The molecule has 0 aliphatic heterocycles. The van der Waals surface area contributed by atoms with Crippen LogP contribution in [0.2, 0.25) is 0 Å². The molecule has 0 fully saturated rings. The molecule has 0 atom stereocenters. The number of halogens is 2. The van der Waals surface area contributed by atoms with E-state index < -0.39 is 28.0 Å². The van der Waals surface area contributed by atoms with Crippen LogP contribution in [0, 0.1) is 21.7 Å². The lowest BCUT2D eigenvalue weighted by atomic mass is 10.2. The van der Waals surface area contributed by atoms with Crippen LogP contribution in [0.1, 0.15) is 5.56 Å². The summed E-state index contributed by atoms with van der Waals surface area (Å²) in [6.07, 6.45) is 0. The molecule has 5 nitrogen and oxygen atoms in total. The van der Waals surface area contributed by atoms with E-state index in [9.17, 15) is 18.9 Å². The summed E-state index contributed by atoms with van der Waals surface area (Å²) in [5.74, 6) is -2.33. The largest absolute Gasteiger partial charge is 0.454 e.